The SMILES string of the molecule is CCC(NC(=O)Nc1cccc(C(=O)N2CCCCC2)c1)c1ccccc1OC(F)F. The van der Waals surface area contributed by atoms with Crippen molar-refractivity contribution in [3.63, 3.8) is 0 Å². The number of ether oxygens (including phenoxy) is 1. The highest BCUT2D eigenvalue weighted by atomic mass is 19.3. The first-order chi connectivity index (χ1) is 15.0. The third-order valence-electron chi connectivity index (χ3n) is 5.23. The molecule has 1 heterocycles. The normalized spacial score (nSPS) is 14.8. The van der Waals surface area contributed by atoms with Gasteiger partial charge in [-0.2, -0.15) is 8.78 Å². The molecule has 2 aromatic carbocycles. The van der Waals surface area contributed by atoms with Gasteiger partial charge in [-0.3, -0.25) is 4.79 Å². The van der Waals surface area contributed by atoms with Gasteiger partial charge in [-0.05, 0) is 49.9 Å². The molecular formula is C23H27F2N3O3. The van der Waals surface area contributed by atoms with E-state index < -0.39 is 18.7 Å². The van der Waals surface area contributed by atoms with Crippen molar-refractivity contribution in [1.82, 2.24) is 10.2 Å². The maximum atomic E-state index is 12.7. The summed E-state index contributed by atoms with van der Waals surface area (Å²) >= 11 is 0. The first kappa shape index (κ1) is 22.5. The van der Waals surface area contributed by atoms with Crippen LogP contribution in [0.2, 0.25) is 0 Å². The third kappa shape index (κ3) is 6.16. The maximum Gasteiger partial charge on any atom is 0.387 e. The fourth-order valence-corrected chi connectivity index (χ4v) is 3.71. The number of rotatable bonds is 7. The molecule has 1 fully saturated rings. The Balaban J connectivity index is 1.67. The van der Waals surface area contributed by atoms with Crippen LogP contribution in [0, 0.1) is 0 Å². The van der Waals surface area contributed by atoms with Crippen LogP contribution in [0.15, 0.2) is 48.5 Å². The summed E-state index contributed by atoms with van der Waals surface area (Å²) in [6, 6.07) is 12.2. The number of piperidine rings is 1. The van der Waals surface area contributed by atoms with E-state index in [1.54, 1.807) is 42.5 Å². The molecule has 1 atom stereocenters. The summed E-state index contributed by atoms with van der Waals surface area (Å²) in [7, 11) is 0. The molecule has 3 amide bonds. The molecule has 2 N–H and O–H groups in total. The lowest BCUT2D eigenvalue weighted by molar-refractivity contribution is -0.0506. The number of carbonyl (C=O) groups is 2. The maximum absolute atomic E-state index is 12.7. The van der Waals surface area contributed by atoms with Gasteiger partial charge in [0.25, 0.3) is 5.91 Å². The number of hydrogen-bond donors (Lipinski definition) is 2. The Morgan fingerprint density at radius 2 is 1.81 bits per heavy atom. The summed E-state index contributed by atoms with van der Waals surface area (Å²) in [5, 5.41) is 5.51. The van der Waals surface area contributed by atoms with Gasteiger partial charge in [-0.1, -0.05) is 31.2 Å². The highest BCUT2D eigenvalue weighted by molar-refractivity contribution is 5.97. The summed E-state index contributed by atoms with van der Waals surface area (Å²) in [5.41, 5.74) is 1.46. The van der Waals surface area contributed by atoms with Crippen molar-refractivity contribution in [3.8, 4) is 5.75 Å². The van der Waals surface area contributed by atoms with Gasteiger partial charge < -0.3 is 20.3 Å². The summed E-state index contributed by atoms with van der Waals surface area (Å²) in [6.45, 7) is 0.375. The van der Waals surface area contributed by atoms with Crippen molar-refractivity contribution in [2.75, 3.05) is 18.4 Å². The number of benzene rings is 2. The minimum absolute atomic E-state index is 0.0266. The number of carbonyl (C=O) groups excluding carboxylic acids is 2. The molecule has 1 aliphatic heterocycles. The standard InChI is InChI=1S/C23H27F2N3O3/c1-2-19(18-11-4-5-12-20(18)31-22(24)25)27-23(30)26-17-10-8-9-16(15-17)21(29)28-13-6-3-7-14-28/h4-5,8-12,15,19,22H,2-3,6-7,13-14H2,1H3,(H2,26,27,30). The van der Waals surface area contributed by atoms with E-state index in [2.05, 4.69) is 15.4 Å². The van der Waals surface area contributed by atoms with E-state index in [1.807, 2.05) is 11.8 Å². The summed E-state index contributed by atoms with van der Waals surface area (Å²) < 4.78 is 30.0. The molecule has 8 heteroatoms. The van der Waals surface area contributed by atoms with Crippen LogP contribution in [0.4, 0.5) is 19.3 Å². The van der Waals surface area contributed by atoms with Gasteiger partial charge in [0.05, 0.1) is 6.04 Å². The van der Waals surface area contributed by atoms with E-state index in [0.29, 0.717) is 23.2 Å². The topological polar surface area (TPSA) is 70.7 Å². The lowest BCUT2D eigenvalue weighted by Crippen LogP contribution is -2.35. The molecule has 0 saturated carbocycles. The first-order valence-electron chi connectivity index (χ1n) is 10.5. The summed E-state index contributed by atoms with van der Waals surface area (Å²) in [6.07, 6.45) is 3.61. The molecule has 6 nitrogen and oxygen atoms in total. The Kier molecular flexibility index (Phi) is 7.81. The molecule has 1 saturated heterocycles. The lowest BCUT2D eigenvalue weighted by atomic mass is 10.0. The highest BCUT2D eigenvalue weighted by Crippen LogP contribution is 2.28. The Bertz CT molecular complexity index is 901. The largest absolute Gasteiger partial charge is 0.434 e. The van der Waals surface area contributed by atoms with E-state index in [4.69, 9.17) is 0 Å². The highest BCUT2D eigenvalue weighted by Gasteiger charge is 2.20. The van der Waals surface area contributed by atoms with E-state index >= 15 is 0 Å². The van der Waals surface area contributed by atoms with Crippen LogP contribution in [0.5, 0.6) is 5.75 Å². The minimum Gasteiger partial charge on any atom is -0.434 e. The molecule has 1 unspecified atom stereocenters. The predicted octanol–water partition coefficient (Wildman–Crippen LogP) is 5.19. The van der Waals surface area contributed by atoms with Crippen LogP contribution in [0.25, 0.3) is 0 Å². The second kappa shape index (κ2) is 10.7. The zero-order chi connectivity index (χ0) is 22.2. The predicted molar refractivity (Wildman–Crippen MR) is 114 cm³/mol. The molecule has 2 aromatic rings. The van der Waals surface area contributed by atoms with Crippen molar-refractivity contribution >= 4 is 17.6 Å². The third-order valence-corrected chi connectivity index (χ3v) is 5.23. The fourth-order valence-electron chi connectivity index (χ4n) is 3.71. The van der Waals surface area contributed by atoms with Crippen LogP contribution in [-0.4, -0.2) is 36.5 Å². The summed E-state index contributed by atoms with van der Waals surface area (Å²) in [5.74, 6) is -0.0213. The number of para-hydroxylation sites is 1. The average Bonchev–Trinajstić information content (AvgIpc) is 2.78. The second-order valence-corrected chi connectivity index (χ2v) is 7.41. The number of urea groups is 1. The minimum atomic E-state index is -2.95. The van der Waals surface area contributed by atoms with Crippen molar-refractivity contribution in [2.45, 2.75) is 45.3 Å². The van der Waals surface area contributed by atoms with E-state index in [9.17, 15) is 18.4 Å². The Labute approximate surface area is 180 Å². The molecule has 0 bridgehead atoms. The van der Waals surface area contributed by atoms with Gasteiger partial charge in [-0.25, -0.2) is 4.79 Å². The van der Waals surface area contributed by atoms with Gasteiger partial charge in [0, 0.05) is 29.9 Å². The second-order valence-electron chi connectivity index (χ2n) is 7.41. The zero-order valence-corrected chi connectivity index (χ0v) is 17.4. The lowest BCUT2D eigenvalue weighted by Gasteiger charge is -2.26. The number of nitrogens with one attached hydrogen (secondary N) is 2. The molecule has 166 valence electrons. The van der Waals surface area contributed by atoms with E-state index in [-0.39, 0.29) is 11.7 Å². The number of halogens is 2. The van der Waals surface area contributed by atoms with Crippen LogP contribution >= 0.6 is 0 Å². The number of anilines is 1. The molecule has 0 radical (unpaired) electrons. The van der Waals surface area contributed by atoms with Gasteiger partial charge in [0.1, 0.15) is 5.75 Å². The van der Waals surface area contributed by atoms with Gasteiger partial charge in [0.2, 0.25) is 0 Å². The van der Waals surface area contributed by atoms with Crippen molar-refractivity contribution in [3.05, 3.63) is 59.7 Å². The first-order valence-corrected chi connectivity index (χ1v) is 10.5. The molecular weight excluding hydrogens is 404 g/mol. The number of likely N-dealkylation sites (tertiary alicyclic amines) is 1. The van der Waals surface area contributed by atoms with E-state index in [1.165, 1.54) is 6.07 Å². The number of alkyl halides is 2. The van der Waals surface area contributed by atoms with Crippen LogP contribution < -0.4 is 15.4 Å². The molecule has 1 aliphatic rings. The molecule has 0 spiro atoms. The molecule has 0 aromatic heterocycles. The smallest absolute Gasteiger partial charge is 0.387 e. The van der Waals surface area contributed by atoms with E-state index in [0.717, 1.165) is 32.4 Å². The Morgan fingerprint density at radius 3 is 2.52 bits per heavy atom. The van der Waals surface area contributed by atoms with Crippen molar-refractivity contribution in [1.29, 1.82) is 0 Å². The van der Waals surface area contributed by atoms with Crippen molar-refractivity contribution < 1.29 is 23.1 Å². The van der Waals surface area contributed by atoms with Crippen molar-refractivity contribution in [2.24, 2.45) is 0 Å². The Hall–Kier alpha value is -3.16. The van der Waals surface area contributed by atoms with Gasteiger partial charge >= 0.3 is 12.6 Å². The summed E-state index contributed by atoms with van der Waals surface area (Å²) in [4.78, 5) is 27.1. The van der Waals surface area contributed by atoms with Crippen LogP contribution in [0.3, 0.4) is 0 Å². The number of amides is 3. The van der Waals surface area contributed by atoms with Gasteiger partial charge in [-0.15, -0.1) is 0 Å². The molecule has 0 aliphatic carbocycles. The quantitative estimate of drug-likeness (QED) is 0.634. The zero-order valence-electron chi connectivity index (χ0n) is 17.4. The molecule has 31 heavy (non-hydrogen) atoms. The van der Waals surface area contributed by atoms with Crippen LogP contribution in [0.1, 0.15) is 54.6 Å². The van der Waals surface area contributed by atoms with Gasteiger partial charge in [0.15, 0.2) is 0 Å². The fraction of sp³-hybridized carbons (Fsp3) is 0.391. The number of nitrogens with zero attached hydrogens (tertiary/aromatic N) is 1. The molecule has 3 rings (SSSR count). The average molecular weight is 431 g/mol. The monoisotopic (exact) mass is 431 g/mol. The Morgan fingerprint density at radius 1 is 1.06 bits per heavy atom. The number of hydrogen-bond acceptors (Lipinski definition) is 3. The van der Waals surface area contributed by atoms with Crippen LogP contribution in [-0.2, 0) is 0 Å².